The summed E-state index contributed by atoms with van der Waals surface area (Å²) >= 11 is 0. The van der Waals surface area contributed by atoms with Gasteiger partial charge in [0.15, 0.2) is 0 Å². The Morgan fingerprint density at radius 1 is 1.26 bits per heavy atom. The summed E-state index contributed by atoms with van der Waals surface area (Å²) in [5.41, 5.74) is 9.58. The molecule has 160 valence electrons. The summed E-state index contributed by atoms with van der Waals surface area (Å²) in [7, 11) is 0. The van der Waals surface area contributed by atoms with Gasteiger partial charge >= 0.3 is 6.01 Å². The quantitative estimate of drug-likeness (QED) is 0.505. The number of piperidine rings is 1. The number of aromatic nitrogens is 5. The smallest absolute Gasteiger partial charge is 0.318 e. The molecule has 9 heteroatoms. The van der Waals surface area contributed by atoms with Gasteiger partial charge in [-0.1, -0.05) is 11.2 Å². The topological polar surface area (TPSA) is 119 Å². The van der Waals surface area contributed by atoms with Crippen molar-refractivity contribution in [3.63, 3.8) is 0 Å². The molecule has 4 aromatic rings. The third-order valence-corrected chi connectivity index (χ3v) is 5.32. The number of ether oxygens (including phenoxy) is 1. The van der Waals surface area contributed by atoms with E-state index < -0.39 is 0 Å². The molecule has 1 aliphatic rings. The van der Waals surface area contributed by atoms with Crippen molar-refractivity contribution in [2.24, 2.45) is 5.73 Å². The zero-order valence-electron chi connectivity index (χ0n) is 17.6. The zero-order valence-corrected chi connectivity index (χ0v) is 17.6. The second-order valence-electron chi connectivity index (χ2n) is 8.11. The number of benzene rings is 1. The number of nitrogens with two attached hydrogens (primary N) is 1. The second kappa shape index (κ2) is 7.99. The summed E-state index contributed by atoms with van der Waals surface area (Å²) in [4.78, 5) is 14.2. The average molecular weight is 419 g/mol. The van der Waals surface area contributed by atoms with Gasteiger partial charge in [0.05, 0.1) is 29.8 Å². The fourth-order valence-corrected chi connectivity index (χ4v) is 3.88. The zero-order chi connectivity index (χ0) is 21.4. The number of hydrogen-bond donors (Lipinski definition) is 2. The van der Waals surface area contributed by atoms with E-state index in [-0.39, 0.29) is 12.1 Å². The first-order valence-electron chi connectivity index (χ1n) is 10.5. The molecule has 0 unspecified atom stereocenters. The highest BCUT2D eigenvalue weighted by atomic mass is 16.5. The molecular formula is C22H25N7O2. The SMILES string of the molecule is CC(C)Oc1cncc(-c2ccc3[nH]cc(-c4nnc(N5CCC[C@@H](N)C5)o4)c3c2)n1. The predicted molar refractivity (Wildman–Crippen MR) is 118 cm³/mol. The van der Waals surface area contributed by atoms with Crippen LogP contribution in [-0.2, 0) is 0 Å². The molecule has 0 bridgehead atoms. The van der Waals surface area contributed by atoms with Gasteiger partial charge in [0, 0.05) is 41.8 Å². The molecular weight excluding hydrogens is 394 g/mol. The van der Waals surface area contributed by atoms with E-state index >= 15 is 0 Å². The molecule has 0 amide bonds. The number of aromatic amines is 1. The Bertz CT molecular complexity index is 1200. The predicted octanol–water partition coefficient (Wildman–Crippen LogP) is 3.39. The summed E-state index contributed by atoms with van der Waals surface area (Å²) in [6.45, 7) is 5.53. The second-order valence-corrected chi connectivity index (χ2v) is 8.11. The molecule has 0 radical (unpaired) electrons. The number of anilines is 1. The Kier molecular flexibility index (Phi) is 5.03. The van der Waals surface area contributed by atoms with E-state index in [1.807, 2.05) is 38.2 Å². The summed E-state index contributed by atoms with van der Waals surface area (Å²) in [6, 6.07) is 6.70. The van der Waals surface area contributed by atoms with Crippen LogP contribution in [0.3, 0.4) is 0 Å². The van der Waals surface area contributed by atoms with E-state index in [0.29, 0.717) is 17.8 Å². The van der Waals surface area contributed by atoms with Crippen LogP contribution in [0.5, 0.6) is 5.88 Å². The molecule has 1 saturated heterocycles. The van der Waals surface area contributed by atoms with Crippen LogP contribution in [0.15, 0.2) is 41.2 Å². The fraction of sp³-hybridized carbons (Fsp3) is 0.364. The van der Waals surface area contributed by atoms with E-state index in [1.165, 1.54) is 0 Å². The number of rotatable bonds is 5. The minimum atomic E-state index is 0.0319. The van der Waals surface area contributed by atoms with Gasteiger partial charge in [0.1, 0.15) is 0 Å². The first-order chi connectivity index (χ1) is 15.1. The van der Waals surface area contributed by atoms with Crippen LogP contribution in [-0.4, -0.2) is 50.4 Å². The lowest BCUT2D eigenvalue weighted by Crippen LogP contribution is -2.43. The van der Waals surface area contributed by atoms with Gasteiger partial charge in [0.25, 0.3) is 5.89 Å². The molecule has 1 aromatic carbocycles. The molecule has 3 aromatic heterocycles. The lowest BCUT2D eigenvalue weighted by molar-refractivity contribution is 0.232. The van der Waals surface area contributed by atoms with Crippen LogP contribution in [0, 0.1) is 0 Å². The molecule has 0 aliphatic carbocycles. The molecule has 0 saturated carbocycles. The van der Waals surface area contributed by atoms with E-state index in [2.05, 4.69) is 30.0 Å². The Morgan fingerprint density at radius 3 is 3.00 bits per heavy atom. The number of hydrogen-bond acceptors (Lipinski definition) is 8. The highest BCUT2D eigenvalue weighted by molar-refractivity contribution is 5.96. The Morgan fingerprint density at radius 2 is 2.16 bits per heavy atom. The van der Waals surface area contributed by atoms with Gasteiger partial charge in [-0.25, -0.2) is 4.98 Å². The van der Waals surface area contributed by atoms with Crippen LogP contribution < -0.4 is 15.4 Å². The molecule has 1 atom stereocenters. The Balaban J connectivity index is 1.48. The van der Waals surface area contributed by atoms with Crippen molar-refractivity contribution in [1.82, 2.24) is 25.1 Å². The van der Waals surface area contributed by atoms with Crippen molar-refractivity contribution in [3.8, 4) is 28.6 Å². The summed E-state index contributed by atoms with van der Waals surface area (Å²) in [6.07, 6.45) is 7.31. The molecule has 0 spiro atoms. The highest BCUT2D eigenvalue weighted by Gasteiger charge is 2.22. The van der Waals surface area contributed by atoms with Crippen molar-refractivity contribution < 1.29 is 9.15 Å². The Hall–Kier alpha value is -3.46. The van der Waals surface area contributed by atoms with Gasteiger partial charge < -0.3 is 24.8 Å². The molecule has 1 aliphatic heterocycles. The Labute approximate surface area is 179 Å². The summed E-state index contributed by atoms with van der Waals surface area (Å²) in [5, 5.41) is 9.52. The average Bonchev–Trinajstić information content (AvgIpc) is 3.40. The minimum absolute atomic E-state index is 0.0319. The monoisotopic (exact) mass is 419 g/mol. The maximum absolute atomic E-state index is 6.09. The van der Waals surface area contributed by atoms with Crippen LogP contribution >= 0.6 is 0 Å². The van der Waals surface area contributed by atoms with Crippen LogP contribution in [0.2, 0.25) is 0 Å². The van der Waals surface area contributed by atoms with E-state index in [1.54, 1.807) is 12.4 Å². The van der Waals surface area contributed by atoms with Crippen molar-refractivity contribution in [2.75, 3.05) is 18.0 Å². The lowest BCUT2D eigenvalue weighted by Gasteiger charge is -2.28. The molecule has 3 N–H and O–H groups in total. The van der Waals surface area contributed by atoms with Crippen LogP contribution in [0.4, 0.5) is 6.01 Å². The normalized spacial score (nSPS) is 16.9. The van der Waals surface area contributed by atoms with Crippen LogP contribution in [0.1, 0.15) is 26.7 Å². The van der Waals surface area contributed by atoms with Crippen LogP contribution in [0.25, 0.3) is 33.6 Å². The maximum Gasteiger partial charge on any atom is 0.318 e. The van der Waals surface area contributed by atoms with E-state index in [0.717, 1.165) is 53.7 Å². The third-order valence-electron chi connectivity index (χ3n) is 5.32. The number of nitrogens with zero attached hydrogens (tertiary/aromatic N) is 5. The van der Waals surface area contributed by atoms with Crippen molar-refractivity contribution >= 4 is 16.9 Å². The lowest BCUT2D eigenvalue weighted by atomic mass is 10.1. The van der Waals surface area contributed by atoms with Gasteiger partial charge in [-0.05, 0) is 38.8 Å². The highest BCUT2D eigenvalue weighted by Crippen LogP contribution is 2.32. The first-order valence-corrected chi connectivity index (χ1v) is 10.5. The van der Waals surface area contributed by atoms with E-state index in [4.69, 9.17) is 14.9 Å². The molecule has 5 rings (SSSR count). The van der Waals surface area contributed by atoms with Gasteiger partial charge in [-0.2, -0.15) is 0 Å². The number of nitrogens with one attached hydrogen (secondary N) is 1. The van der Waals surface area contributed by atoms with Crippen molar-refractivity contribution in [1.29, 1.82) is 0 Å². The molecule has 4 heterocycles. The molecule has 9 nitrogen and oxygen atoms in total. The summed E-state index contributed by atoms with van der Waals surface area (Å²) < 4.78 is 11.7. The molecule has 31 heavy (non-hydrogen) atoms. The minimum Gasteiger partial charge on any atom is -0.474 e. The van der Waals surface area contributed by atoms with E-state index in [9.17, 15) is 0 Å². The van der Waals surface area contributed by atoms with Crippen molar-refractivity contribution in [2.45, 2.75) is 38.8 Å². The number of fused-ring (bicyclic) bond motifs is 1. The first kappa shape index (κ1) is 19.5. The van der Waals surface area contributed by atoms with Gasteiger partial charge in [-0.3, -0.25) is 4.98 Å². The van der Waals surface area contributed by atoms with Gasteiger partial charge in [0.2, 0.25) is 5.88 Å². The van der Waals surface area contributed by atoms with Gasteiger partial charge in [-0.15, -0.1) is 5.10 Å². The maximum atomic E-state index is 6.09. The molecule has 1 fully saturated rings. The largest absolute Gasteiger partial charge is 0.474 e. The van der Waals surface area contributed by atoms with Crippen molar-refractivity contribution in [3.05, 3.63) is 36.8 Å². The fourth-order valence-electron chi connectivity index (χ4n) is 3.88. The third kappa shape index (κ3) is 3.96. The number of H-pyrrole nitrogens is 1. The summed E-state index contributed by atoms with van der Waals surface area (Å²) in [5.74, 6) is 0.976. The standard InChI is InChI=1S/C22H25N7O2/c1-13(2)30-20-11-24-10-19(26-20)14-5-6-18-16(8-14)17(9-25-18)21-27-28-22(31-21)29-7-3-4-15(23)12-29/h5-6,8-11,13,15,25H,3-4,7,12,23H2,1-2H3/t15-/m1/s1.